The molecule has 4 heteroatoms. The Bertz CT molecular complexity index is 288. The van der Waals surface area contributed by atoms with Crippen LogP contribution in [-0.2, 0) is 0 Å². The van der Waals surface area contributed by atoms with E-state index in [-0.39, 0.29) is 0 Å². The van der Waals surface area contributed by atoms with Gasteiger partial charge in [0.25, 0.3) is 0 Å². The maximum atomic E-state index is 3.62. The Hall–Kier alpha value is 0.490. The van der Waals surface area contributed by atoms with Gasteiger partial charge < -0.3 is 5.32 Å². The molecule has 0 radical (unpaired) electrons. The third kappa shape index (κ3) is 4.47. The topological polar surface area (TPSA) is 12.0 Å². The van der Waals surface area contributed by atoms with Gasteiger partial charge in [0.05, 0.1) is 0 Å². The van der Waals surface area contributed by atoms with E-state index >= 15 is 0 Å². The SMILES string of the molecule is CSCCC(C)NC(C)c1sccc1Br. The summed E-state index contributed by atoms with van der Waals surface area (Å²) < 4.78 is 1.23. The van der Waals surface area contributed by atoms with Gasteiger partial charge in [-0.3, -0.25) is 0 Å². The maximum Gasteiger partial charge on any atom is 0.0399 e. The van der Waals surface area contributed by atoms with Crippen LogP contribution >= 0.6 is 39.0 Å². The molecule has 0 aliphatic carbocycles. The maximum absolute atomic E-state index is 3.62. The van der Waals surface area contributed by atoms with Gasteiger partial charge in [0.15, 0.2) is 0 Å². The molecule has 0 aromatic carbocycles. The summed E-state index contributed by atoms with van der Waals surface area (Å²) in [5.74, 6) is 1.23. The van der Waals surface area contributed by atoms with Crippen molar-refractivity contribution in [1.82, 2.24) is 5.32 Å². The van der Waals surface area contributed by atoms with Crippen molar-refractivity contribution < 1.29 is 0 Å². The van der Waals surface area contributed by atoms with E-state index in [1.165, 1.54) is 21.5 Å². The van der Waals surface area contributed by atoms with Crippen molar-refractivity contribution in [2.45, 2.75) is 32.4 Å². The monoisotopic (exact) mass is 307 g/mol. The molecule has 1 rings (SSSR count). The van der Waals surface area contributed by atoms with Crippen LogP contribution in [0.2, 0.25) is 0 Å². The standard InChI is InChI=1S/C11H18BrNS2/c1-8(4-6-14-3)13-9(2)11-10(12)5-7-15-11/h5,7-9,13H,4,6H2,1-3H3. The van der Waals surface area contributed by atoms with Gasteiger partial charge in [-0.25, -0.2) is 0 Å². The molecule has 1 aromatic heterocycles. The number of hydrogen-bond donors (Lipinski definition) is 1. The first-order valence-corrected chi connectivity index (χ1v) is 8.19. The quantitative estimate of drug-likeness (QED) is 0.841. The minimum atomic E-state index is 0.441. The lowest BCUT2D eigenvalue weighted by Crippen LogP contribution is -2.29. The van der Waals surface area contributed by atoms with Crippen molar-refractivity contribution in [3.05, 3.63) is 20.8 Å². The molecule has 0 amide bonds. The molecule has 0 aliphatic rings. The fraction of sp³-hybridized carbons (Fsp3) is 0.636. The predicted molar refractivity (Wildman–Crippen MR) is 76.0 cm³/mol. The van der Waals surface area contributed by atoms with Gasteiger partial charge in [-0.1, -0.05) is 0 Å². The summed E-state index contributed by atoms with van der Waals surface area (Å²) in [5.41, 5.74) is 0. The normalized spacial score (nSPS) is 15.2. The van der Waals surface area contributed by atoms with E-state index in [4.69, 9.17) is 0 Å². The van der Waals surface area contributed by atoms with Crippen LogP contribution in [0.15, 0.2) is 15.9 Å². The minimum Gasteiger partial charge on any atom is -0.307 e. The van der Waals surface area contributed by atoms with E-state index in [0.29, 0.717) is 12.1 Å². The van der Waals surface area contributed by atoms with Gasteiger partial charge in [-0.2, -0.15) is 11.8 Å². The summed E-state index contributed by atoms with van der Waals surface area (Å²) >= 11 is 7.30. The molecule has 0 fully saturated rings. The zero-order valence-electron chi connectivity index (χ0n) is 9.42. The van der Waals surface area contributed by atoms with Crippen LogP contribution in [0, 0.1) is 0 Å². The Kier molecular flexibility index (Phi) is 6.27. The lowest BCUT2D eigenvalue weighted by Gasteiger charge is -2.19. The second kappa shape index (κ2) is 6.94. The van der Waals surface area contributed by atoms with Crippen molar-refractivity contribution in [2.75, 3.05) is 12.0 Å². The fourth-order valence-corrected chi connectivity index (χ4v) is 3.82. The molecule has 2 atom stereocenters. The van der Waals surface area contributed by atoms with Crippen molar-refractivity contribution in [3.63, 3.8) is 0 Å². The molecule has 0 saturated heterocycles. The third-order valence-electron chi connectivity index (χ3n) is 2.33. The summed E-state index contributed by atoms with van der Waals surface area (Å²) in [4.78, 5) is 1.39. The van der Waals surface area contributed by atoms with Crippen molar-refractivity contribution >= 4 is 39.0 Å². The summed E-state index contributed by atoms with van der Waals surface area (Å²) in [5, 5.41) is 5.75. The molecular weight excluding hydrogens is 290 g/mol. The van der Waals surface area contributed by atoms with Gasteiger partial charge in [0, 0.05) is 21.4 Å². The fourth-order valence-electron chi connectivity index (χ4n) is 1.49. The van der Waals surface area contributed by atoms with E-state index in [1.807, 2.05) is 23.1 Å². The van der Waals surface area contributed by atoms with Crippen LogP contribution in [-0.4, -0.2) is 18.1 Å². The zero-order valence-corrected chi connectivity index (χ0v) is 12.6. The number of hydrogen-bond acceptors (Lipinski definition) is 3. The number of rotatable bonds is 6. The van der Waals surface area contributed by atoms with Gasteiger partial charge in [0.2, 0.25) is 0 Å². The van der Waals surface area contributed by atoms with Crippen LogP contribution in [0.25, 0.3) is 0 Å². The number of thioether (sulfide) groups is 1. The van der Waals surface area contributed by atoms with E-state index < -0.39 is 0 Å². The Morgan fingerprint density at radius 2 is 2.27 bits per heavy atom. The van der Waals surface area contributed by atoms with Crippen molar-refractivity contribution in [2.24, 2.45) is 0 Å². The Labute approximate surface area is 109 Å². The average molecular weight is 308 g/mol. The summed E-state index contributed by atoms with van der Waals surface area (Å²) in [6.45, 7) is 4.49. The van der Waals surface area contributed by atoms with E-state index in [9.17, 15) is 0 Å². The second-order valence-corrected chi connectivity index (χ2v) is 6.49. The lowest BCUT2D eigenvalue weighted by molar-refractivity contribution is 0.475. The van der Waals surface area contributed by atoms with E-state index in [0.717, 1.165) is 0 Å². The first-order chi connectivity index (χ1) is 7.15. The summed E-state index contributed by atoms with van der Waals surface area (Å²) in [6, 6.07) is 3.14. The lowest BCUT2D eigenvalue weighted by atomic mass is 10.2. The van der Waals surface area contributed by atoms with Crippen molar-refractivity contribution in [1.29, 1.82) is 0 Å². The number of thiophene rings is 1. The molecule has 1 heterocycles. The molecule has 0 bridgehead atoms. The minimum absolute atomic E-state index is 0.441. The van der Waals surface area contributed by atoms with Gasteiger partial charge in [-0.15, -0.1) is 11.3 Å². The van der Waals surface area contributed by atoms with Crippen LogP contribution in [0.4, 0.5) is 0 Å². The Balaban J connectivity index is 2.42. The van der Waals surface area contributed by atoms with Gasteiger partial charge in [0.1, 0.15) is 0 Å². The highest BCUT2D eigenvalue weighted by Gasteiger charge is 2.12. The third-order valence-corrected chi connectivity index (χ3v) is 5.03. The Morgan fingerprint density at radius 1 is 1.53 bits per heavy atom. The molecule has 0 spiro atoms. The molecule has 0 aliphatic heterocycles. The average Bonchev–Trinajstić information content (AvgIpc) is 2.61. The number of nitrogens with one attached hydrogen (secondary N) is 1. The van der Waals surface area contributed by atoms with Crippen LogP contribution < -0.4 is 5.32 Å². The van der Waals surface area contributed by atoms with E-state index in [2.05, 4.69) is 52.8 Å². The van der Waals surface area contributed by atoms with Crippen LogP contribution in [0.1, 0.15) is 31.2 Å². The molecule has 0 saturated carbocycles. The largest absolute Gasteiger partial charge is 0.307 e. The van der Waals surface area contributed by atoms with Crippen LogP contribution in [0.5, 0.6) is 0 Å². The first-order valence-electron chi connectivity index (χ1n) is 5.13. The first kappa shape index (κ1) is 13.6. The second-order valence-electron chi connectivity index (χ2n) is 3.70. The molecule has 1 aromatic rings. The molecule has 2 unspecified atom stereocenters. The molecule has 1 nitrogen and oxygen atoms in total. The molecular formula is C11H18BrNS2. The number of halogens is 1. The highest BCUT2D eigenvalue weighted by atomic mass is 79.9. The molecule has 15 heavy (non-hydrogen) atoms. The Morgan fingerprint density at radius 3 is 2.80 bits per heavy atom. The highest BCUT2D eigenvalue weighted by molar-refractivity contribution is 9.10. The van der Waals surface area contributed by atoms with Gasteiger partial charge in [-0.05, 0) is 59.7 Å². The zero-order chi connectivity index (χ0) is 11.3. The van der Waals surface area contributed by atoms with E-state index in [1.54, 1.807) is 0 Å². The smallest absolute Gasteiger partial charge is 0.0399 e. The summed E-state index contributed by atoms with van der Waals surface area (Å²) in [7, 11) is 0. The highest BCUT2D eigenvalue weighted by Crippen LogP contribution is 2.29. The summed E-state index contributed by atoms with van der Waals surface area (Å²) in [6.07, 6.45) is 3.39. The molecule has 86 valence electrons. The van der Waals surface area contributed by atoms with Gasteiger partial charge >= 0.3 is 0 Å². The van der Waals surface area contributed by atoms with Crippen molar-refractivity contribution in [3.8, 4) is 0 Å². The van der Waals surface area contributed by atoms with Crippen LogP contribution in [0.3, 0.4) is 0 Å². The predicted octanol–water partition coefficient (Wildman–Crippen LogP) is 4.30. The molecule has 1 N–H and O–H groups in total.